The molecule has 8 heteroatoms. The Hall–Kier alpha value is -1.60. The van der Waals surface area contributed by atoms with Gasteiger partial charge >= 0.3 is 6.18 Å². The number of hydrogen-bond donors (Lipinski definition) is 1. The van der Waals surface area contributed by atoms with E-state index in [0.29, 0.717) is 12.5 Å². The lowest BCUT2D eigenvalue weighted by Gasteiger charge is -2.25. The van der Waals surface area contributed by atoms with Crippen LogP contribution in [-0.2, 0) is 0 Å². The Morgan fingerprint density at radius 3 is 2.37 bits per heavy atom. The summed E-state index contributed by atoms with van der Waals surface area (Å²) < 4.78 is 64.1. The Labute approximate surface area is 107 Å². The van der Waals surface area contributed by atoms with Gasteiger partial charge in [-0.1, -0.05) is 6.92 Å². The molecule has 0 unspecified atom stereocenters. The molecule has 0 atom stereocenters. The quantitative estimate of drug-likeness (QED) is 0.841. The molecule has 19 heavy (non-hydrogen) atoms. The summed E-state index contributed by atoms with van der Waals surface area (Å²) in [6.45, 7) is 0.293. The van der Waals surface area contributed by atoms with E-state index < -0.39 is 30.2 Å². The van der Waals surface area contributed by atoms with Crippen LogP contribution < -0.4 is 10.2 Å². The van der Waals surface area contributed by atoms with Crippen molar-refractivity contribution in [2.45, 2.75) is 19.5 Å². The molecule has 3 nitrogen and oxygen atoms in total. The van der Waals surface area contributed by atoms with Crippen LogP contribution >= 0.6 is 0 Å². The first-order valence-corrected chi connectivity index (χ1v) is 5.64. The highest BCUT2D eigenvalue weighted by atomic mass is 19.4. The van der Waals surface area contributed by atoms with E-state index in [9.17, 15) is 22.0 Å². The van der Waals surface area contributed by atoms with Crippen LogP contribution in [0, 0.1) is 11.6 Å². The number of hydrogen-bond acceptors (Lipinski definition) is 3. The van der Waals surface area contributed by atoms with Gasteiger partial charge in [0.1, 0.15) is 6.54 Å². The zero-order valence-corrected chi connectivity index (χ0v) is 10.5. The number of nitrogens with zero attached hydrogens (tertiary/aromatic N) is 2. The molecule has 0 spiro atoms. The molecule has 0 saturated carbocycles. The maximum Gasteiger partial charge on any atom is 0.405 e. The molecule has 1 N–H and O–H groups in total. The topological polar surface area (TPSA) is 28.2 Å². The van der Waals surface area contributed by atoms with Gasteiger partial charge in [-0.2, -0.15) is 13.2 Å². The molecule has 0 aliphatic heterocycles. The molecule has 0 fully saturated rings. The molecule has 1 aromatic heterocycles. The fraction of sp³-hybridized carbons (Fsp3) is 0.545. The van der Waals surface area contributed by atoms with E-state index in [0.717, 1.165) is 4.90 Å². The lowest BCUT2D eigenvalue weighted by atomic mass is 10.3. The van der Waals surface area contributed by atoms with Crippen LogP contribution in [0.3, 0.4) is 0 Å². The molecular formula is C11H14F5N3. The third-order valence-corrected chi connectivity index (χ3v) is 2.31. The third kappa shape index (κ3) is 4.22. The highest BCUT2D eigenvalue weighted by molar-refractivity contribution is 5.49. The molecule has 0 saturated heterocycles. The maximum absolute atomic E-state index is 13.6. The van der Waals surface area contributed by atoms with E-state index in [1.54, 1.807) is 6.92 Å². The normalized spacial score (nSPS) is 11.5. The number of aromatic nitrogens is 1. The van der Waals surface area contributed by atoms with Gasteiger partial charge in [-0.15, -0.1) is 0 Å². The Balaban J connectivity index is 3.14. The maximum atomic E-state index is 13.6. The minimum atomic E-state index is -4.49. The lowest BCUT2D eigenvalue weighted by Crippen LogP contribution is -2.36. The van der Waals surface area contributed by atoms with Crippen LogP contribution in [0.15, 0.2) is 6.07 Å². The lowest BCUT2D eigenvalue weighted by molar-refractivity contribution is -0.119. The summed E-state index contributed by atoms with van der Waals surface area (Å²) in [6, 6.07) is 0.521. The number of alkyl halides is 3. The molecule has 0 aliphatic rings. The van der Waals surface area contributed by atoms with Gasteiger partial charge in [0.2, 0.25) is 0 Å². The van der Waals surface area contributed by atoms with Gasteiger partial charge in [0, 0.05) is 19.7 Å². The summed E-state index contributed by atoms with van der Waals surface area (Å²) in [5, 5.41) is 2.36. The van der Waals surface area contributed by atoms with Crippen molar-refractivity contribution in [3.05, 3.63) is 17.7 Å². The van der Waals surface area contributed by atoms with E-state index >= 15 is 0 Å². The molecule has 0 aromatic carbocycles. The fourth-order valence-corrected chi connectivity index (χ4v) is 1.60. The van der Waals surface area contributed by atoms with Crippen LogP contribution in [0.25, 0.3) is 0 Å². The number of halogens is 5. The SMILES string of the molecule is CCCN(CC(F)(F)F)c1nc(NC)c(F)cc1F. The van der Waals surface area contributed by atoms with Gasteiger partial charge in [0.25, 0.3) is 0 Å². The standard InChI is InChI=1S/C11H14F5N3/c1-3-4-19(6-11(14,15)16)10-8(13)5-7(12)9(17-2)18-10/h5H,3-4,6H2,1-2H3,(H,17,18). The van der Waals surface area contributed by atoms with Crippen LogP contribution in [0.4, 0.5) is 33.6 Å². The van der Waals surface area contributed by atoms with Crippen molar-refractivity contribution in [2.75, 3.05) is 30.4 Å². The van der Waals surface area contributed by atoms with E-state index in [4.69, 9.17) is 0 Å². The summed E-state index contributed by atoms with van der Waals surface area (Å²) in [5.41, 5.74) is 0. The van der Waals surface area contributed by atoms with Crippen molar-refractivity contribution in [3.63, 3.8) is 0 Å². The number of nitrogens with one attached hydrogen (secondary N) is 1. The van der Waals surface area contributed by atoms with E-state index in [1.165, 1.54) is 7.05 Å². The molecule has 1 aromatic rings. The fourth-order valence-electron chi connectivity index (χ4n) is 1.60. The summed E-state index contributed by atoms with van der Waals surface area (Å²) in [4.78, 5) is 4.30. The summed E-state index contributed by atoms with van der Waals surface area (Å²) >= 11 is 0. The molecule has 1 rings (SSSR count). The van der Waals surface area contributed by atoms with Gasteiger partial charge in [-0.3, -0.25) is 0 Å². The number of pyridine rings is 1. The van der Waals surface area contributed by atoms with Gasteiger partial charge < -0.3 is 10.2 Å². The Kier molecular flexibility index (Phi) is 4.90. The monoisotopic (exact) mass is 283 g/mol. The largest absolute Gasteiger partial charge is 0.405 e. The van der Waals surface area contributed by atoms with Crippen molar-refractivity contribution in [3.8, 4) is 0 Å². The van der Waals surface area contributed by atoms with Crippen molar-refractivity contribution >= 4 is 11.6 Å². The highest BCUT2D eigenvalue weighted by Crippen LogP contribution is 2.26. The van der Waals surface area contributed by atoms with Crippen LogP contribution in [0.2, 0.25) is 0 Å². The summed E-state index contributed by atoms with van der Waals surface area (Å²) in [6.07, 6.45) is -4.11. The van der Waals surface area contributed by atoms with Crippen molar-refractivity contribution < 1.29 is 22.0 Å². The average molecular weight is 283 g/mol. The highest BCUT2D eigenvalue weighted by Gasteiger charge is 2.32. The van der Waals surface area contributed by atoms with E-state index in [-0.39, 0.29) is 12.4 Å². The average Bonchev–Trinajstić information content (AvgIpc) is 2.27. The zero-order valence-electron chi connectivity index (χ0n) is 10.5. The first-order valence-electron chi connectivity index (χ1n) is 5.64. The predicted octanol–water partition coefficient (Wildman–Crippen LogP) is 3.18. The van der Waals surface area contributed by atoms with Gasteiger partial charge in [0.05, 0.1) is 0 Å². The van der Waals surface area contributed by atoms with E-state index in [1.807, 2.05) is 0 Å². The third-order valence-electron chi connectivity index (χ3n) is 2.31. The van der Waals surface area contributed by atoms with Crippen molar-refractivity contribution in [2.24, 2.45) is 0 Å². The second kappa shape index (κ2) is 6.03. The van der Waals surface area contributed by atoms with Crippen molar-refractivity contribution in [1.82, 2.24) is 4.98 Å². The Morgan fingerprint density at radius 1 is 1.26 bits per heavy atom. The smallest absolute Gasteiger partial charge is 0.371 e. The molecule has 0 amide bonds. The van der Waals surface area contributed by atoms with Gasteiger partial charge in [-0.05, 0) is 6.42 Å². The minimum Gasteiger partial charge on any atom is -0.371 e. The first kappa shape index (κ1) is 15.5. The zero-order chi connectivity index (χ0) is 14.6. The number of anilines is 2. The van der Waals surface area contributed by atoms with E-state index in [2.05, 4.69) is 10.3 Å². The van der Waals surface area contributed by atoms with Gasteiger partial charge in [-0.25, -0.2) is 13.8 Å². The van der Waals surface area contributed by atoms with Crippen LogP contribution in [-0.4, -0.2) is 31.3 Å². The first-order chi connectivity index (χ1) is 8.78. The summed E-state index contributed by atoms with van der Waals surface area (Å²) in [5.74, 6) is -2.87. The molecule has 0 radical (unpaired) electrons. The Morgan fingerprint density at radius 2 is 1.89 bits per heavy atom. The molecular weight excluding hydrogens is 269 g/mol. The number of rotatable bonds is 5. The second-order valence-electron chi connectivity index (χ2n) is 3.91. The molecule has 0 aliphatic carbocycles. The molecule has 1 heterocycles. The predicted molar refractivity (Wildman–Crippen MR) is 62.3 cm³/mol. The minimum absolute atomic E-state index is 0.0295. The van der Waals surface area contributed by atoms with Crippen molar-refractivity contribution in [1.29, 1.82) is 0 Å². The van der Waals surface area contributed by atoms with Crippen LogP contribution in [0.1, 0.15) is 13.3 Å². The Bertz CT molecular complexity index is 433. The van der Waals surface area contributed by atoms with Crippen LogP contribution in [0.5, 0.6) is 0 Å². The van der Waals surface area contributed by atoms with Gasteiger partial charge in [0.15, 0.2) is 23.3 Å². The summed E-state index contributed by atoms with van der Waals surface area (Å²) in [7, 11) is 1.35. The molecule has 0 bridgehead atoms. The second-order valence-corrected chi connectivity index (χ2v) is 3.91. The molecule has 108 valence electrons.